The van der Waals surface area contributed by atoms with Crippen LogP contribution in [0.15, 0.2) is 47.6 Å². The number of fused-ring (bicyclic) bond motifs is 3. The summed E-state index contributed by atoms with van der Waals surface area (Å²) in [5.74, 6) is 2.82. The first kappa shape index (κ1) is 22.9. The number of pyridine rings is 1. The van der Waals surface area contributed by atoms with E-state index in [1.54, 1.807) is 0 Å². The Kier molecular flexibility index (Phi) is 5.44. The highest BCUT2D eigenvalue weighted by atomic mass is 16.5. The van der Waals surface area contributed by atoms with E-state index in [4.69, 9.17) is 25.4 Å². The first-order valence-electron chi connectivity index (χ1n) is 12.6. The molecule has 186 valence electrons. The molecule has 0 bridgehead atoms. The second kappa shape index (κ2) is 8.55. The number of aryl methyl sites for hydroxylation is 2. The minimum atomic E-state index is -0.329. The molecule has 1 saturated heterocycles. The van der Waals surface area contributed by atoms with Gasteiger partial charge in [0.1, 0.15) is 22.9 Å². The molecule has 1 aromatic carbocycles. The number of piperidine rings is 1. The first-order chi connectivity index (χ1) is 17.1. The predicted molar refractivity (Wildman–Crippen MR) is 142 cm³/mol. The number of hydrogen-bond acceptors (Lipinski definition) is 8. The van der Waals surface area contributed by atoms with E-state index in [9.17, 15) is 0 Å². The SMILES string of the molecule is C.Cc1nc2c(nc1N1CCC3(CC1)Oc1ccccc1[C@H]3N)CN=C2N1CCCc2ncccc21. The normalized spacial score (nSPS) is 21.3. The summed E-state index contributed by atoms with van der Waals surface area (Å²) in [6.45, 7) is 5.24. The number of hydrogen-bond donors (Lipinski definition) is 1. The number of rotatable bonds is 1. The lowest BCUT2D eigenvalue weighted by Gasteiger charge is -2.41. The smallest absolute Gasteiger partial charge is 0.156 e. The molecule has 6 heterocycles. The summed E-state index contributed by atoms with van der Waals surface area (Å²) in [4.78, 5) is 24.2. The van der Waals surface area contributed by atoms with E-state index in [2.05, 4.69) is 33.8 Å². The third-order valence-electron chi connectivity index (χ3n) is 7.96. The second-order valence-electron chi connectivity index (χ2n) is 9.96. The number of benzene rings is 1. The first-order valence-corrected chi connectivity index (χ1v) is 12.6. The summed E-state index contributed by atoms with van der Waals surface area (Å²) in [6.07, 6.45) is 5.66. The van der Waals surface area contributed by atoms with E-state index in [0.29, 0.717) is 6.54 Å². The number of ether oxygens (including phenoxy) is 1. The molecule has 36 heavy (non-hydrogen) atoms. The van der Waals surface area contributed by atoms with Gasteiger partial charge in [-0.25, -0.2) is 9.97 Å². The second-order valence-corrected chi connectivity index (χ2v) is 9.96. The maximum atomic E-state index is 6.67. The fourth-order valence-corrected chi connectivity index (χ4v) is 6.09. The fourth-order valence-electron chi connectivity index (χ4n) is 6.09. The van der Waals surface area contributed by atoms with Crippen LogP contribution in [0.5, 0.6) is 5.75 Å². The van der Waals surface area contributed by atoms with Crippen LogP contribution < -0.4 is 20.3 Å². The molecule has 8 nitrogen and oxygen atoms in total. The van der Waals surface area contributed by atoms with Crippen molar-refractivity contribution < 1.29 is 4.74 Å². The lowest BCUT2D eigenvalue weighted by atomic mass is 9.83. The molecular formula is C28H33N7O. The Morgan fingerprint density at radius 1 is 1.03 bits per heavy atom. The van der Waals surface area contributed by atoms with Gasteiger partial charge in [-0.2, -0.15) is 0 Å². The number of aliphatic imine (C=N–C) groups is 1. The fraction of sp³-hybridized carbons (Fsp3) is 0.429. The van der Waals surface area contributed by atoms with Crippen molar-refractivity contribution in [1.29, 1.82) is 0 Å². The zero-order valence-electron chi connectivity index (χ0n) is 19.9. The number of amidine groups is 1. The van der Waals surface area contributed by atoms with Crippen LogP contribution in [0.2, 0.25) is 0 Å². The highest BCUT2D eigenvalue weighted by molar-refractivity contribution is 6.11. The summed E-state index contributed by atoms with van der Waals surface area (Å²) >= 11 is 0. The Morgan fingerprint density at radius 2 is 1.86 bits per heavy atom. The number of para-hydroxylation sites is 1. The van der Waals surface area contributed by atoms with Crippen molar-refractivity contribution in [2.24, 2.45) is 10.7 Å². The van der Waals surface area contributed by atoms with Gasteiger partial charge in [-0.15, -0.1) is 0 Å². The van der Waals surface area contributed by atoms with Gasteiger partial charge < -0.3 is 20.3 Å². The summed E-state index contributed by atoms with van der Waals surface area (Å²) in [6, 6.07) is 12.2. The molecule has 0 saturated carbocycles. The van der Waals surface area contributed by atoms with Crippen LogP contribution in [0.3, 0.4) is 0 Å². The summed E-state index contributed by atoms with van der Waals surface area (Å²) < 4.78 is 6.43. The minimum absolute atomic E-state index is 0. The average Bonchev–Trinajstić information content (AvgIpc) is 3.42. The van der Waals surface area contributed by atoms with Gasteiger partial charge in [-0.1, -0.05) is 25.6 Å². The van der Waals surface area contributed by atoms with Crippen LogP contribution in [0.25, 0.3) is 0 Å². The molecule has 2 aromatic heterocycles. The summed E-state index contributed by atoms with van der Waals surface area (Å²) in [7, 11) is 0. The molecule has 0 aliphatic carbocycles. The molecule has 8 heteroatoms. The largest absolute Gasteiger partial charge is 0.485 e. The van der Waals surface area contributed by atoms with Gasteiger partial charge in [0, 0.05) is 44.2 Å². The third kappa shape index (κ3) is 3.38. The zero-order chi connectivity index (χ0) is 23.6. The highest BCUT2D eigenvalue weighted by Gasteiger charge is 2.48. The zero-order valence-corrected chi connectivity index (χ0v) is 19.9. The quantitative estimate of drug-likeness (QED) is 0.560. The topological polar surface area (TPSA) is 92.8 Å². The Hall–Kier alpha value is -3.52. The van der Waals surface area contributed by atoms with Crippen molar-refractivity contribution in [3.63, 3.8) is 0 Å². The highest BCUT2D eigenvalue weighted by Crippen LogP contribution is 2.47. The van der Waals surface area contributed by atoms with Gasteiger partial charge >= 0.3 is 0 Å². The Labute approximate surface area is 212 Å². The molecule has 3 aromatic rings. The van der Waals surface area contributed by atoms with Gasteiger partial charge in [-0.05, 0) is 38.0 Å². The monoisotopic (exact) mass is 483 g/mol. The van der Waals surface area contributed by atoms with Gasteiger partial charge in [0.2, 0.25) is 0 Å². The molecule has 1 atom stereocenters. The molecule has 0 amide bonds. The molecule has 0 radical (unpaired) electrons. The molecule has 4 aliphatic rings. The van der Waals surface area contributed by atoms with Gasteiger partial charge in [-0.3, -0.25) is 9.98 Å². The van der Waals surface area contributed by atoms with E-state index in [1.165, 1.54) is 0 Å². The van der Waals surface area contributed by atoms with Crippen LogP contribution in [0, 0.1) is 6.92 Å². The van der Waals surface area contributed by atoms with E-state index in [1.807, 2.05) is 30.5 Å². The van der Waals surface area contributed by atoms with E-state index in [-0.39, 0.29) is 19.1 Å². The Balaban J connectivity index is 0.00000240. The van der Waals surface area contributed by atoms with E-state index < -0.39 is 0 Å². The van der Waals surface area contributed by atoms with E-state index >= 15 is 0 Å². The van der Waals surface area contributed by atoms with Crippen molar-refractivity contribution in [3.05, 3.63) is 70.9 Å². The van der Waals surface area contributed by atoms with Crippen molar-refractivity contribution in [3.8, 4) is 5.75 Å². The summed E-state index contributed by atoms with van der Waals surface area (Å²) in [5, 5.41) is 0. The molecule has 7 rings (SSSR count). The standard InChI is InChI=1S/C27H29N7O.CH4/c1-17-25(33-14-10-27(11-15-33)24(28)18-6-2-3-9-22(18)35-27)32-20-16-30-26(23(20)31-17)34-13-5-7-19-21(34)8-4-12-29-19;/h2-4,6,8-9,12,24H,5,7,10-11,13-16,28H2,1H3;1H4/t24-;/m1./s1. The van der Waals surface area contributed by atoms with Gasteiger partial charge in [0.05, 0.1) is 35.4 Å². The van der Waals surface area contributed by atoms with E-state index in [0.717, 1.165) is 96.7 Å². The molecule has 1 fully saturated rings. The summed E-state index contributed by atoms with van der Waals surface area (Å²) in [5.41, 5.74) is 12.5. The van der Waals surface area contributed by atoms with Crippen LogP contribution in [0.4, 0.5) is 11.5 Å². The number of anilines is 2. The lowest BCUT2D eigenvalue weighted by molar-refractivity contribution is 0.0430. The maximum absolute atomic E-state index is 6.67. The van der Waals surface area contributed by atoms with Crippen molar-refractivity contribution >= 4 is 17.3 Å². The van der Waals surface area contributed by atoms with Crippen LogP contribution in [-0.4, -0.2) is 46.0 Å². The minimum Gasteiger partial charge on any atom is -0.485 e. The Morgan fingerprint density at radius 3 is 2.69 bits per heavy atom. The predicted octanol–water partition coefficient (Wildman–Crippen LogP) is 3.96. The van der Waals surface area contributed by atoms with Crippen molar-refractivity contribution in [1.82, 2.24) is 15.0 Å². The van der Waals surface area contributed by atoms with Gasteiger partial charge in [0.25, 0.3) is 0 Å². The molecular weight excluding hydrogens is 450 g/mol. The van der Waals surface area contributed by atoms with Gasteiger partial charge in [0.15, 0.2) is 5.84 Å². The number of nitrogens with two attached hydrogens (primary N) is 1. The van der Waals surface area contributed by atoms with Crippen molar-refractivity contribution in [2.75, 3.05) is 29.4 Å². The molecule has 4 aliphatic heterocycles. The van der Waals surface area contributed by atoms with Crippen molar-refractivity contribution in [2.45, 2.75) is 58.2 Å². The average molecular weight is 484 g/mol. The Bertz CT molecular complexity index is 1350. The lowest BCUT2D eigenvalue weighted by Crippen LogP contribution is -2.51. The number of nitrogens with zero attached hydrogens (tertiary/aromatic N) is 6. The molecule has 2 N–H and O–H groups in total. The molecule has 0 unspecified atom stereocenters. The third-order valence-corrected chi connectivity index (χ3v) is 7.96. The maximum Gasteiger partial charge on any atom is 0.156 e. The molecule has 1 spiro atoms. The van der Waals surface area contributed by atoms with Crippen LogP contribution >= 0.6 is 0 Å². The van der Waals surface area contributed by atoms with Crippen LogP contribution in [0.1, 0.15) is 61.1 Å². The number of aromatic nitrogens is 3. The van der Waals surface area contributed by atoms with Crippen LogP contribution in [-0.2, 0) is 13.0 Å².